The Kier molecular flexibility index (Phi) is 3.94. The van der Waals surface area contributed by atoms with Crippen LogP contribution >= 0.6 is 0 Å². The maximum Gasteiger partial charge on any atom is 0.233 e. The monoisotopic (exact) mass is 249 g/mol. The lowest BCUT2D eigenvalue weighted by atomic mass is 10.2. The van der Waals surface area contributed by atoms with Crippen LogP contribution in [0.15, 0.2) is 30.5 Å². The SMILES string of the molecule is NNC(=O)CCCCn1ccc2c(F)cccc21. The second-order valence-corrected chi connectivity index (χ2v) is 4.21. The number of nitrogens with two attached hydrogens (primary N) is 1. The Labute approximate surface area is 105 Å². The van der Waals surface area contributed by atoms with Crippen molar-refractivity contribution >= 4 is 16.8 Å². The lowest BCUT2D eigenvalue weighted by Crippen LogP contribution is -2.29. The Balaban J connectivity index is 1.96. The highest BCUT2D eigenvalue weighted by molar-refractivity contribution is 5.80. The summed E-state index contributed by atoms with van der Waals surface area (Å²) in [4.78, 5) is 10.9. The average molecular weight is 249 g/mol. The number of unbranched alkanes of at least 4 members (excludes halogenated alkanes) is 1. The van der Waals surface area contributed by atoms with Gasteiger partial charge in [-0.25, -0.2) is 10.2 Å². The van der Waals surface area contributed by atoms with Gasteiger partial charge in [0.2, 0.25) is 5.91 Å². The third-order valence-corrected chi connectivity index (χ3v) is 2.97. The van der Waals surface area contributed by atoms with Crippen molar-refractivity contribution in [3.8, 4) is 0 Å². The Morgan fingerprint density at radius 1 is 1.33 bits per heavy atom. The third kappa shape index (κ3) is 2.68. The zero-order chi connectivity index (χ0) is 13.0. The number of hydrogen-bond acceptors (Lipinski definition) is 2. The van der Waals surface area contributed by atoms with Gasteiger partial charge in [0, 0.05) is 24.5 Å². The smallest absolute Gasteiger partial charge is 0.233 e. The zero-order valence-corrected chi connectivity index (χ0v) is 10.0. The van der Waals surface area contributed by atoms with Crippen LogP contribution in [0.2, 0.25) is 0 Å². The van der Waals surface area contributed by atoms with Crippen molar-refractivity contribution in [2.24, 2.45) is 5.84 Å². The number of hydrazine groups is 1. The molecule has 2 aromatic rings. The Hall–Kier alpha value is -1.88. The summed E-state index contributed by atoms with van der Waals surface area (Å²) in [6.07, 6.45) is 3.91. The van der Waals surface area contributed by atoms with Crippen LogP contribution in [-0.4, -0.2) is 10.5 Å². The van der Waals surface area contributed by atoms with Crippen LogP contribution in [0.4, 0.5) is 4.39 Å². The number of halogens is 1. The molecule has 0 radical (unpaired) electrons. The number of hydrogen-bond donors (Lipinski definition) is 2. The molecule has 0 bridgehead atoms. The lowest BCUT2D eigenvalue weighted by Gasteiger charge is -2.05. The van der Waals surface area contributed by atoms with Gasteiger partial charge in [-0.2, -0.15) is 0 Å². The van der Waals surface area contributed by atoms with Crippen LogP contribution in [0.25, 0.3) is 10.9 Å². The largest absolute Gasteiger partial charge is 0.347 e. The van der Waals surface area contributed by atoms with Crippen LogP contribution < -0.4 is 11.3 Å². The molecule has 0 aliphatic rings. The molecule has 0 unspecified atom stereocenters. The topological polar surface area (TPSA) is 60.0 Å². The fourth-order valence-electron chi connectivity index (χ4n) is 2.02. The fourth-order valence-corrected chi connectivity index (χ4v) is 2.02. The van der Waals surface area contributed by atoms with Crippen LogP contribution in [0.5, 0.6) is 0 Å². The lowest BCUT2D eigenvalue weighted by molar-refractivity contribution is -0.121. The van der Waals surface area contributed by atoms with E-state index in [0.717, 1.165) is 24.9 Å². The maximum absolute atomic E-state index is 13.5. The molecule has 0 aliphatic carbocycles. The first kappa shape index (κ1) is 12.6. The van der Waals surface area contributed by atoms with Crippen molar-refractivity contribution in [1.82, 2.24) is 9.99 Å². The van der Waals surface area contributed by atoms with Crippen molar-refractivity contribution in [3.63, 3.8) is 0 Å². The molecule has 0 saturated carbocycles. The van der Waals surface area contributed by atoms with Gasteiger partial charge < -0.3 is 4.57 Å². The minimum absolute atomic E-state index is 0.154. The number of carbonyl (C=O) groups is 1. The molecule has 1 aromatic carbocycles. The van der Waals surface area contributed by atoms with Gasteiger partial charge in [-0.1, -0.05) is 6.07 Å². The molecule has 1 amide bonds. The summed E-state index contributed by atoms with van der Waals surface area (Å²) < 4.78 is 15.5. The van der Waals surface area contributed by atoms with Crippen molar-refractivity contribution < 1.29 is 9.18 Å². The van der Waals surface area contributed by atoms with E-state index in [1.807, 2.05) is 16.8 Å². The van der Waals surface area contributed by atoms with Crippen molar-refractivity contribution in [2.75, 3.05) is 0 Å². The Bertz CT molecular complexity index is 550. The summed E-state index contributed by atoms with van der Waals surface area (Å²) in [5.74, 6) is 4.64. The summed E-state index contributed by atoms with van der Waals surface area (Å²) in [5.41, 5.74) is 2.99. The second kappa shape index (κ2) is 5.64. The van der Waals surface area contributed by atoms with E-state index in [-0.39, 0.29) is 11.7 Å². The number of nitrogens with zero attached hydrogens (tertiary/aromatic N) is 1. The van der Waals surface area contributed by atoms with E-state index < -0.39 is 0 Å². The van der Waals surface area contributed by atoms with Gasteiger partial charge in [0.15, 0.2) is 0 Å². The van der Waals surface area contributed by atoms with Crippen molar-refractivity contribution in [3.05, 3.63) is 36.3 Å². The number of aryl methyl sites for hydroxylation is 1. The molecule has 1 aromatic heterocycles. The number of carbonyl (C=O) groups excluding carboxylic acids is 1. The molecule has 0 saturated heterocycles. The number of benzene rings is 1. The summed E-state index contributed by atoms with van der Waals surface area (Å²) in [7, 11) is 0. The molecule has 1 heterocycles. The molecule has 5 heteroatoms. The summed E-state index contributed by atoms with van der Waals surface area (Å²) in [6, 6.07) is 6.83. The molecule has 0 atom stereocenters. The van der Waals surface area contributed by atoms with Gasteiger partial charge in [-0.3, -0.25) is 10.2 Å². The van der Waals surface area contributed by atoms with E-state index in [1.54, 1.807) is 12.1 Å². The highest BCUT2D eigenvalue weighted by atomic mass is 19.1. The highest BCUT2D eigenvalue weighted by Crippen LogP contribution is 2.19. The zero-order valence-electron chi connectivity index (χ0n) is 10.0. The number of rotatable bonds is 5. The Morgan fingerprint density at radius 2 is 2.17 bits per heavy atom. The first-order valence-electron chi connectivity index (χ1n) is 5.95. The molecule has 0 aliphatic heterocycles. The van der Waals surface area contributed by atoms with Gasteiger partial charge in [-0.05, 0) is 31.0 Å². The molecule has 0 spiro atoms. The molecule has 18 heavy (non-hydrogen) atoms. The molecular weight excluding hydrogens is 233 g/mol. The van der Waals surface area contributed by atoms with Gasteiger partial charge in [0.25, 0.3) is 0 Å². The first-order valence-corrected chi connectivity index (χ1v) is 5.95. The molecule has 2 rings (SSSR count). The van der Waals surface area contributed by atoms with Crippen molar-refractivity contribution in [2.45, 2.75) is 25.8 Å². The Morgan fingerprint density at radius 3 is 2.94 bits per heavy atom. The maximum atomic E-state index is 13.5. The van der Waals surface area contributed by atoms with Crippen LogP contribution in [0.1, 0.15) is 19.3 Å². The van der Waals surface area contributed by atoms with Gasteiger partial charge in [0.05, 0.1) is 5.52 Å². The predicted octanol–water partition coefficient (Wildman–Crippen LogP) is 1.94. The fraction of sp³-hybridized carbons (Fsp3) is 0.308. The van der Waals surface area contributed by atoms with Gasteiger partial charge in [0.1, 0.15) is 5.82 Å². The van der Waals surface area contributed by atoms with Gasteiger partial charge in [-0.15, -0.1) is 0 Å². The van der Waals surface area contributed by atoms with E-state index >= 15 is 0 Å². The number of fused-ring (bicyclic) bond motifs is 1. The van der Waals surface area contributed by atoms with Crippen LogP contribution in [-0.2, 0) is 11.3 Å². The van der Waals surface area contributed by atoms with Gasteiger partial charge >= 0.3 is 0 Å². The van der Waals surface area contributed by atoms with E-state index in [4.69, 9.17) is 5.84 Å². The minimum Gasteiger partial charge on any atom is -0.347 e. The van der Waals surface area contributed by atoms with Crippen LogP contribution in [0, 0.1) is 5.82 Å². The number of aromatic nitrogens is 1. The standard InChI is InChI=1S/C13H16FN3O/c14-11-4-3-5-12-10(11)7-9-17(12)8-2-1-6-13(18)16-15/h3-5,7,9H,1-2,6,8,15H2,(H,16,18). The van der Waals surface area contributed by atoms with E-state index in [2.05, 4.69) is 5.43 Å². The normalized spacial score (nSPS) is 10.8. The van der Waals surface area contributed by atoms with E-state index in [0.29, 0.717) is 11.8 Å². The third-order valence-electron chi connectivity index (χ3n) is 2.97. The molecule has 4 nitrogen and oxygen atoms in total. The number of amides is 1. The minimum atomic E-state index is -0.200. The number of nitrogens with one attached hydrogen (secondary N) is 1. The van der Waals surface area contributed by atoms with Crippen LogP contribution in [0.3, 0.4) is 0 Å². The quantitative estimate of drug-likeness (QED) is 0.368. The molecule has 0 fully saturated rings. The molecule has 3 N–H and O–H groups in total. The summed E-state index contributed by atoms with van der Waals surface area (Å²) >= 11 is 0. The van der Waals surface area contributed by atoms with Crippen molar-refractivity contribution in [1.29, 1.82) is 0 Å². The summed E-state index contributed by atoms with van der Waals surface area (Å²) in [6.45, 7) is 0.769. The summed E-state index contributed by atoms with van der Waals surface area (Å²) in [5, 5.41) is 0.636. The predicted molar refractivity (Wildman–Crippen MR) is 68.1 cm³/mol. The average Bonchev–Trinajstić information content (AvgIpc) is 2.79. The van der Waals surface area contributed by atoms with E-state index in [9.17, 15) is 9.18 Å². The van der Waals surface area contributed by atoms with E-state index in [1.165, 1.54) is 6.07 Å². The molecule has 96 valence electrons. The second-order valence-electron chi connectivity index (χ2n) is 4.21. The first-order chi connectivity index (χ1) is 8.72. The highest BCUT2D eigenvalue weighted by Gasteiger charge is 2.05. The molecular formula is C13H16FN3O.